The minimum atomic E-state index is -0.360. The molecular weight excluding hydrogens is 352 g/mol. The molecule has 1 aromatic rings. The molecule has 2 aliphatic heterocycles. The summed E-state index contributed by atoms with van der Waals surface area (Å²) in [6, 6.07) is 3.79. The van der Waals surface area contributed by atoms with Gasteiger partial charge < -0.3 is 14.4 Å². The molecule has 1 aromatic carbocycles. The number of nitrogens with zero attached hydrogens (tertiary/aromatic N) is 2. The first-order valence-electron chi connectivity index (χ1n) is 9.51. The number of piperidine rings is 1. The van der Waals surface area contributed by atoms with E-state index in [1.807, 2.05) is 24.1 Å². The highest BCUT2D eigenvalue weighted by molar-refractivity contribution is 6.31. The first-order valence-corrected chi connectivity index (χ1v) is 9.89. The lowest BCUT2D eigenvalue weighted by molar-refractivity contribution is -0.146. The monoisotopic (exact) mass is 380 g/mol. The van der Waals surface area contributed by atoms with Gasteiger partial charge in [0.2, 0.25) is 5.91 Å². The summed E-state index contributed by atoms with van der Waals surface area (Å²) < 4.78 is 11.2. The van der Waals surface area contributed by atoms with Crippen molar-refractivity contribution < 1.29 is 14.3 Å². The second-order valence-corrected chi connectivity index (χ2v) is 7.74. The minimum absolute atomic E-state index is 0.257. The van der Waals surface area contributed by atoms with E-state index >= 15 is 0 Å². The minimum Gasteiger partial charge on any atom is -0.493 e. The van der Waals surface area contributed by atoms with Crippen LogP contribution in [0.3, 0.4) is 0 Å². The van der Waals surface area contributed by atoms with Crippen molar-refractivity contribution in [3.05, 3.63) is 22.7 Å². The van der Waals surface area contributed by atoms with E-state index in [4.69, 9.17) is 21.1 Å². The zero-order valence-electron chi connectivity index (χ0n) is 16.0. The molecule has 1 spiro atoms. The number of halogens is 1. The number of hydrogen-bond donors (Lipinski definition) is 0. The van der Waals surface area contributed by atoms with Gasteiger partial charge in [0.1, 0.15) is 5.54 Å². The highest BCUT2D eigenvalue weighted by Crippen LogP contribution is 2.41. The molecule has 0 aliphatic carbocycles. The molecule has 0 radical (unpaired) electrons. The Hall–Kier alpha value is -1.46. The predicted octanol–water partition coefficient (Wildman–Crippen LogP) is 3.72. The van der Waals surface area contributed by atoms with Crippen LogP contribution in [-0.2, 0) is 11.3 Å². The van der Waals surface area contributed by atoms with E-state index in [2.05, 4.69) is 11.8 Å². The van der Waals surface area contributed by atoms with Crippen molar-refractivity contribution in [2.45, 2.75) is 51.1 Å². The maximum absolute atomic E-state index is 12.9. The van der Waals surface area contributed by atoms with Gasteiger partial charge in [-0.25, -0.2) is 0 Å². The Kier molecular flexibility index (Phi) is 5.98. The lowest BCUT2D eigenvalue weighted by Crippen LogP contribution is -2.58. The van der Waals surface area contributed by atoms with Crippen LogP contribution in [0.5, 0.6) is 11.5 Å². The maximum Gasteiger partial charge on any atom is 0.242 e. The molecule has 0 saturated carbocycles. The number of likely N-dealkylation sites (N-methyl/N-ethyl adjacent to an activating group) is 1. The molecule has 0 bridgehead atoms. The molecule has 26 heavy (non-hydrogen) atoms. The summed E-state index contributed by atoms with van der Waals surface area (Å²) in [6.45, 7) is 5.12. The normalized spacial score (nSPS) is 23.7. The molecule has 6 heteroatoms. The van der Waals surface area contributed by atoms with Gasteiger partial charge in [0.15, 0.2) is 11.5 Å². The molecule has 2 fully saturated rings. The molecular formula is C20H29ClN2O3. The largest absolute Gasteiger partial charge is 0.493 e. The molecule has 2 aliphatic rings. The van der Waals surface area contributed by atoms with Gasteiger partial charge >= 0.3 is 0 Å². The third-order valence-electron chi connectivity index (χ3n) is 5.61. The van der Waals surface area contributed by atoms with Crippen molar-refractivity contribution in [2.75, 3.05) is 33.9 Å². The summed E-state index contributed by atoms with van der Waals surface area (Å²) in [5.74, 6) is 1.62. The first kappa shape index (κ1) is 19.3. The summed E-state index contributed by atoms with van der Waals surface area (Å²) in [5.41, 5.74) is 0.621. The Morgan fingerprint density at radius 3 is 2.62 bits per heavy atom. The standard InChI is InChI=1S/C20H29ClN2O3/c1-4-11-26-18-13-16(21)15(12-17(18)25-3)14-23-10-6-8-20(23)7-5-9-22(2)19(20)24/h12-13H,4-11,14H2,1-3H3. The Morgan fingerprint density at radius 2 is 1.92 bits per heavy atom. The molecule has 5 nitrogen and oxygen atoms in total. The average molecular weight is 381 g/mol. The zero-order chi connectivity index (χ0) is 18.7. The van der Waals surface area contributed by atoms with Crippen LogP contribution in [-0.4, -0.2) is 55.1 Å². The lowest BCUT2D eigenvalue weighted by Gasteiger charge is -2.43. The summed E-state index contributed by atoms with van der Waals surface area (Å²) >= 11 is 6.55. The number of methoxy groups -OCH3 is 1. The number of likely N-dealkylation sites (tertiary alicyclic amines) is 2. The topological polar surface area (TPSA) is 42.0 Å². The van der Waals surface area contributed by atoms with Crippen LogP contribution in [0, 0.1) is 0 Å². The van der Waals surface area contributed by atoms with E-state index in [-0.39, 0.29) is 11.4 Å². The van der Waals surface area contributed by atoms with Crippen LogP contribution in [0.15, 0.2) is 12.1 Å². The maximum atomic E-state index is 12.9. The molecule has 3 rings (SSSR count). The van der Waals surface area contributed by atoms with Crippen molar-refractivity contribution in [2.24, 2.45) is 0 Å². The highest BCUT2D eigenvalue weighted by atomic mass is 35.5. The van der Waals surface area contributed by atoms with Crippen molar-refractivity contribution in [3.8, 4) is 11.5 Å². The quantitative estimate of drug-likeness (QED) is 0.754. The number of ether oxygens (including phenoxy) is 2. The van der Waals surface area contributed by atoms with E-state index in [9.17, 15) is 4.79 Å². The fraction of sp³-hybridized carbons (Fsp3) is 0.650. The van der Waals surface area contributed by atoms with Crippen LogP contribution >= 0.6 is 11.6 Å². The van der Waals surface area contributed by atoms with Gasteiger partial charge in [-0.3, -0.25) is 9.69 Å². The highest BCUT2D eigenvalue weighted by Gasteiger charge is 2.49. The van der Waals surface area contributed by atoms with Crippen LogP contribution < -0.4 is 9.47 Å². The Labute approximate surface area is 161 Å². The first-order chi connectivity index (χ1) is 12.5. The Balaban J connectivity index is 1.84. The molecule has 1 unspecified atom stereocenters. The third kappa shape index (κ3) is 3.52. The number of amides is 1. The summed E-state index contributed by atoms with van der Waals surface area (Å²) in [5, 5.41) is 0.663. The van der Waals surface area contributed by atoms with Gasteiger partial charge in [-0.05, 0) is 50.3 Å². The van der Waals surface area contributed by atoms with Crippen molar-refractivity contribution in [3.63, 3.8) is 0 Å². The zero-order valence-corrected chi connectivity index (χ0v) is 16.8. The molecule has 1 atom stereocenters. The lowest BCUT2D eigenvalue weighted by atomic mass is 9.85. The van der Waals surface area contributed by atoms with Gasteiger partial charge in [-0.1, -0.05) is 18.5 Å². The molecule has 2 saturated heterocycles. The molecule has 144 valence electrons. The Bertz CT molecular complexity index is 667. The van der Waals surface area contributed by atoms with Gasteiger partial charge in [0.05, 0.1) is 13.7 Å². The number of rotatable bonds is 6. The third-order valence-corrected chi connectivity index (χ3v) is 5.96. The summed E-state index contributed by atoms with van der Waals surface area (Å²) in [6.07, 6.45) is 4.89. The fourth-order valence-electron chi connectivity index (χ4n) is 4.25. The number of carbonyl (C=O) groups excluding carboxylic acids is 1. The van der Waals surface area contributed by atoms with Gasteiger partial charge in [-0.2, -0.15) is 0 Å². The molecule has 0 N–H and O–H groups in total. The van der Waals surface area contributed by atoms with Crippen LogP contribution in [0.2, 0.25) is 5.02 Å². The number of carbonyl (C=O) groups is 1. The van der Waals surface area contributed by atoms with Crippen molar-refractivity contribution >= 4 is 17.5 Å². The second kappa shape index (κ2) is 8.05. The Morgan fingerprint density at radius 1 is 1.19 bits per heavy atom. The number of hydrogen-bond acceptors (Lipinski definition) is 4. The van der Waals surface area contributed by atoms with Crippen LogP contribution in [0.4, 0.5) is 0 Å². The van der Waals surface area contributed by atoms with Crippen LogP contribution in [0.25, 0.3) is 0 Å². The number of benzene rings is 1. The molecule has 0 aromatic heterocycles. The van der Waals surface area contributed by atoms with Crippen molar-refractivity contribution in [1.29, 1.82) is 0 Å². The second-order valence-electron chi connectivity index (χ2n) is 7.33. The fourth-order valence-corrected chi connectivity index (χ4v) is 4.46. The summed E-state index contributed by atoms with van der Waals surface area (Å²) in [4.78, 5) is 17.1. The van der Waals surface area contributed by atoms with E-state index in [1.165, 1.54) is 0 Å². The van der Waals surface area contributed by atoms with E-state index in [0.717, 1.165) is 50.8 Å². The summed E-state index contributed by atoms with van der Waals surface area (Å²) in [7, 11) is 3.55. The predicted molar refractivity (Wildman–Crippen MR) is 103 cm³/mol. The van der Waals surface area contributed by atoms with Gasteiger partial charge in [-0.15, -0.1) is 0 Å². The van der Waals surface area contributed by atoms with E-state index < -0.39 is 0 Å². The van der Waals surface area contributed by atoms with E-state index in [1.54, 1.807) is 7.11 Å². The smallest absolute Gasteiger partial charge is 0.242 e. The van der Waals surface area contributed by atoms with Crippen molar-refractivity contribution in [1.82, 2.24) is 9.80 Å². The molecule has 2 heterocycles. The van der Waals surface area contributed by atoms with E-state index in [0.29, 0.717) is 29.7 Å². The van der Waals surface area contributed by atoms with Gasteiger partial charge in [0.25, 0.3) is 0 Å². The SMILES string of the molecule is CCCOc1cc(Cl)c(CN2CCCC23CCCN(C)C3=O)cc1OC. The van der Waals surface area contributed by atoms with Gasteiger partial charge in [0, 0.05) is 31.2 Å². The average Bonchev–Trinajstić information content (AvgIpc) is 3.02. The van der Waals surface area contributed by atoms with Crippen LogP contribution in [0.1, 0.15) is 44.6 Å². The molecule has 1 amide bonds.